The van der Waals surface area contributed by atoms with Crippen molar-refractivity contribution in [1.29, 1.82) is 0 Å². The molecule has 0 amide bonds. The second kappa shape index (κ2) is 3.18. The van der Waals surface area contributed by atoms with Crippen molar-refractivity contribution < 1.29 is 10.2 Å². The molecule has 9 heavy (non-hydrogen) atoms. The molecule has 0 aromatic carbocycles. The van der Waals surface area contributed by atoms with Crippen LogP contribution in [0.15, 0.2) is 0 Å². The first-order valence-electron chi connectivity index (χ1n) is 3.26. The highest BCUT2D eigenvalue weighted by Crippen LogP contribution is 2.24. The summed E-state index contributed by atoms with van der Waals surface area (Å²) in [7, 11) is 0. The van der Waals surface area contributed by atoms with E-state index in [1.54, 1.807) is 0 Å². The van der Waals surface area contributed by atoms with Gasteiger partial charge in [-0.25, -0.2) is 0 Å². The highest BCUT2D eigenvalue weighted by Gasteiger charge is 2.23. The third kappa shape index (κ3) is 2.33. The lowest BCUT2D eigenvalue weighted by Crippen LogP contribution is -2.28. The smallest absolute Gasteiger partial charge is 0.0485 e. The highest BCUT2D eigenvalue weighted by molar-refractivity contribution is 4.72. The predicted octanol–water partition coefficient (Wildman–Crippen LogP) is 0.633. The van der Waals surface area contributed by atoms with Gasteiger partial charge in [-0.05, 0) is 11.3 Å². The van der Waals surface area contributed by atoms with Gasteiger partial charge in [-0.1, -0.05) is 20.8 Å². The van der Waals surface area contributed by atoms with E-state index >= 15 is 0 Å². The number of aliphatic hydroxyl groups is 2. The van der Waals surface area contributed by atoms with E-state index in [9.17, 15) is 0 Å². The van der Waals surface area contributed by atoms with Crippen LogP contribution in [-0.2, 0) is 0 Å². The van der Waals surface area contributed by atoms with Gasteiger partial charge in [-0.3, -0.25) is 0 Å². The summed E-state index contributed by atoms with van der Waals surface area (Å²) in [6.45, 7) is 6.08. The molecule has 0 aromatic heterocycles. The maximum atomic E-state index is 8.78. The van der Waals surface area contributed by atoms with Gasteiger partial charge in [0.25, 0.3) is 0 Å². The third-order valence-electron chi connectivity index (χ3n) is 2.02. The molecule has 1 atom stereocenters. The molecule has 0 fully saturated rings. The molecule has 0 saturated carbocycles. The van der Waals surface area contributed by atoms with E-state index in [2.05, 4.69) is 0 Å². The molecule has 56 valence electrons. The lowest BCUT2D eigenvalue weighted by atomic mass is 9.81. The quantitative estimate of drug-likeness (QED) is 0.591. The summed E-state index contributed by atoms with van der Waals surface area (Å²) in [5.41, 5.74) is -0.144. The topological polar surface area (TPSA) is 40.5 Å². The fourth-order valence-electron chi connectivity index (χ4n) is 0.403. The first-order valence-corrected chi connectivity index (χ1v) is 3.26. The van der Waals surface area contributed by atoms with Crippen LogP contribution in [0.2, 0.25) is 0 Å². The fourth-order valence-corrected chi connectivity index (χ4v) is 0.403. The Kier molecular flexibility index (Phi) is 3.15. The van der Waals surface area contributed by atoms with Crippen LogP contribution in [-0.4, -0.2) is 23.4 Å². The second-order valence-electron chi connectivity index (χ2n) is 3.23. The van der Waals surface area contributed by atoms with Crippen LogP contribution in [0.25, 0.3) is 0 Å². The Labute approximate surface area is 56.5 Å². The number of rotatable bonds is 3. The minimum Gasteiger partial charge on any atom is -0.396 e. The van der Waals surface area contributed by atoms with Crippen LogP contribution < -0.4 is 0 Å². The van der Waals surface area contributed by atoms with Crippen LogP contribution in [0.5, 0.6) is 0 Å². The standard InChI is InChI=1S/C7H16O2/c1-6(4-8)7(2,3)5-9/h6,8-9H,4-5H2,1-3H3. The monoisotopic (exact) mass is 132 g/mol. The van der Waals surface area contributed by atoms with Gasteiger partial charge >= 0.3 is 0 Å². The molecule has 0 radical (unpaired) electrons. The van der Waals surface area contributed by atoms with Crippen LogP contribution in [0.1, 0.15) is 20.8 Å². The highest BCUT2D eigenvalue weighted by atomic mass is 16.3. The Balaban J connectivity index is 3.80. The summed E-state index contributed by atoms with van der Waals surface area (Å²) in [6.07, 6.45) is 0. The Morgan fingerprint density at radius 3 is 1.89 bits per heavy atom. The Bertz CT molecular complexity index is 79.0. The molecular formula is C7H16O2. The van der Waals surface area contributed by atoms with Crippen molar-refractivity contribution in [3.63, 3.8) is 0 Å². The zero-order valence-corrected chi connectivity index (χ0v) is 6.39. The van der Waals surface area contributed by atoms with Gasteiger partial charge in [0.1, 0.15) is 0 Å². The van der Waals surface area contributed by atoms with Crippen molar-refractivity contribution in [2.75, 3.05) is 13.2 Å². The predicted molar refractivity (Wildman–Crippen MR) is 37.1 cm³/mol. The molecule has 2 heteroatoms. The van der Waals surface area contributed by atoms with Gasteiger partial charge in [0, 0.05) is 13.2 Å². The van der Waals surface area contributed by atoms with Gasteiger partial charge in [0.05, 0.1) is 0 Å². The molecular weight excluding hydrogens is 116 g/mol. The van der Waals surface area contributed by atoms with E-state index in [4.69, 9.17) is 10.2 Å². The molecule has 0 aliphatic carbocycles. The van der Waals surface area contributed by atoms with Gasteiger partial charge in [0.2, 0.25) is 0 Å². The van der Waals surface area contributed by atoms with E-state index < -0.39 is 0 Å². The molecule has 2 N–H and O–H groups in total. The van der Waals surface area contributed by atoms with Crippen molar-refractivity contribution >= 4 is 0 Å². The Hall–Kier alpha value is -0.0800. The summed E-state index contributed by atoms with van der Waals surface area (Å²) in [5.74, 6) is 0.169. The van der Waals surface area contributed by atoms with Crippen LogP contribution in [0, 0.1) is 11.3 Å². The zero-order chi connectivity index (χ0) is 7.49. The lowest BCUT2D eigenvalue weighted by Gasteiger charge is -2.27. The van der Waals surface area contributed by atoms with Gasteiger partial charge < -0.3 is 10.2 Å². The number of aliphatic hydroxyl groups excluding tert-OH is 2. The number of hydrogen-bond donors (Lipinski definition) is 2. The van der Waals surface area contributed by atoms with Crippen LogP contribution in [0.4, 0.5) is 0 Å². The summed E-state index contributed by atoms with van der Waals surface area (Å²) in [4.78, 5) is 0. The Morgan fingerprint density at radius 1 is 1.33 bits per heavy atom. The Morgan fingerprint density at radius 2 is 1.78 bits per heavy atom. The maximum absolute atomic E-state index is 8.78. The molecule has 0 aromatic rings. The molecule has 0 spiro atoms. The molecule has 0 aliphatic rings. The van der Waals surface area contributed by atoms with E-state index in [-0.39, 0.29) is 24.5 Å². The van der Waals surface area contributed by atoms with E-state index in [1.807, 2.05) is 20.8 Å². The summed E-state index contributed by atoms with van der Waals surface area (Å²) >= 11 is 0. The lowest BCUT2D eigenvalue weighted by molar-refractivity contribution is 0.0667. The average Bonchev–Trinajstić information content (AvgIpc) is 1.86. The van der Waals surface area contributed by atoms with E-state index in [1.165, 1.54) is 0 Å². The van der Waals surface area contributed by atoms with Gasteiger partial charge in [-0.2, -0.15) is 0 Å². The molecule has 0 aliphatic heterocycles. The molecule has 2 nitrogen and oxygen atoms in total. The molecule has 0 rings (SSSR count). The van der Waals surface area contributed by atoms with Crippen LogP contribution >= 0.6 is 0 Å². The first-order chi connectivity index (χ1) is 4.04. The fraction of sp³-hybridized carbons (Fsp3) is 1.00. The van der Waals surface area contributed by atoms with Crippen molar-refractivity contribution in [2.24, 2.45) is 11.3 Å². The van der Waals surface area contributed by atoms with E-state index in [0.717, 1.165) is 0 Å². The maximum Gasteiger partial charge on any atom is 0.0485 e. The summed E-state index contributed by atoms with van der Waals surface area (Å²) in [5, 5.41) is 17.5. The second-order valence-corrected chi connectivity index (χ2v) is 3.23. The third-order valence-corrected chi connectivity index (χ3v) is 2.02. The molecule has 0 heterocycles. The first kappa shape index (κ1) is 8.92. The van der Waals surface area contributed by atoms with Gasteiger partial charge in [0.15, 0.2) is 0 Å². The summed E-state index contributed by atoms with van der Waals surface area (Å²) < 4.78 is 0. The van der Waals surface area contributed by atoms with Crippen LogP contribution in [0.3, 0.4) is 0 Å². The average molecular weight is 132 g/mol. The zero-order valence-electron chi connectivity index (χ0n) is 6.39. The molecule has 1 unspecified atom stereocenters. The number of hydrogen-bond acceptors (Lipinski definition) is 2. The molecule has 0 saturated heterocycles. The SMILES string of the molecule is CC(CO)C(C)(C)CO. The van der Waals surface area contributed by atoms with Crippen molar-refractivity contribution in [3.8, 4) is 0 Å². The largest absolute Gasteiger partial charge is 0.396 e. The van der Waals surface area contributed by atoms with E-state index in [0.29, 0.717) is 0 Å². The minimum atomic E-state index is -0.144. The summed E-state index contributed by atoms with van der Waals surface area (Å²) in [6, 6.07) is 0. The van der Waals surface area contributed by atoms with Crippen molar-refractivity contribution in [3.05, 3.63) is 0 Å². The normalized spacial score (nSPS) is 15.7. The minimum absolute atomic E-state index is 0.134. The molecule has 0 bridgehead atoms. The van der Waals surface area contributed by atoms with Crippen molar-refractivity contribution in [1.82, 2.24) is 0 Å². The van der Waals surface area contributed by atoms with Gasteiger partial charge in [-0.15, -0.1) is 0 Å². The van der Waals surface area contributed by atoms with Crippen molar-refractivity contribution in [2.45, 2.75) is 20.8 Å².